The Hall–Kier alpha value is 0.130. The van der Waals surface area contributed by atoms with Crippen LogP contribution in [-0.4, -0.2) is 41.2 Å². The first-order valence-corrected chi connectivity index (χ1v) is 5.45. The van der Waals surface area contributed by atoms with Gasteiger partial charge in [0.25, 0.3) is 6.43 Å². The van der Waals surface area contributed by atoms with Crippen molar-refractivity contribution in [3.05, 3.63) is 0 Å². The van der Waals surface area contributed by atoms with Crippen LogP contribution in [0.5, 0.6) is 0 Å². The highest BCUT2D eigenvalue weighted by Crippen LogP contribution is 2.25. The Balaban J connectivity index is 2.12. The third-order valence-corrected chi connectivity index (χ3v) is 3.46. The van der Waals surface area contributed by atoms with Crippen LogP contribution in [0.1, 0.15) is 13.3 Å². The second kappa shape index (κ2) is 5.12. The van der Waals surface area contributed by atoms with Gasteiger partial charge in [0, 0.05) is 23.6 Å². The Bertz CT molecular complexity index is 159. The van der Waals surface area contributed by atoms with Crippen LogP contribution >= 0.6 is 11.8 Å². The largest absolute Gasteiger partial charge is 0.386 e. The molecular weight excluding hydrogens is 196 g/mol. The van der Waals surface area contributed by atoms with Gasteiger partial charge in [-0.15, -0.1) is 0 Å². The molecule has 0 amide bonds. The molecule has 0 saturated carbocycles. The highest BCUT2D eigenvalue weighted by Gasteiger charge is 2.23. The van der Waals surface area contributed by atoms with Crippen LogP contribution in [0.15, 0.2) is 0 Å². The summed E-state index contributed by atoms with van der Waals surface area (Å²) < 4.78 is 23.8. The molecule has 1 aliphatic rings. The lowest BCUT2D eigenvalue weighted by Gasteiger charge is -2.14. The van der Waals surface area contributed by atoms with Gasteiger partial charge in [-0.05, 0) is 6.42 Å². The number of nitrogens with one attached hydrogen (secondary N) is 1. The van der Waals surface area contributed by atoms with Crippen molar-refractivity contribution in [3.8, 4) is 0 Å². The first-order valence-electron chi connectivity index (χ1n) is 4.40. The lowest BCUT2D eigenvalue weighted by Crippen LogP contribution is -2.38. The average molecular weight is 211 g/mol. The Labute approximate surface area is 81.1 Å². The van der Waals surface area contributed by atoms with E-state index < -0.39 is 12.5 Å². The van der Waals surface area contributed by atoms with E-state index in [1.54, 1.807) is 0 Å². The summed E-state index contributed by atoms with van der Waals surface area (Å²) >= 11 is 1.83. The normalized spacial score (nSPS) is 31.2. The smallest absolute Gasteiger partial charge is 0.265 e. The van der Waals surface area contributed by atoms with Crippen molar-refractivity contribution in [2.75, 3.05) is 12.3 Å². The number of aliphatic hydroxyl groups excluding tert-OH is 1. The second-order valence-electron chi connectivity index (χ2n) is 3.39. The molecule has 13 heavy (non-hydrogen) atoms. The van der Waals surface area contributed by atoms with Gasteiger partial charge in [-0.2, -0.15) is 11.8 Å². The monoisotopic (exact) mass is 211 g/mol. The summed E-state index contributed by atoms with van der Waals surface area (Å²) in [5.74, 6) is 0.955. The van der Waals surface area contributed by atoms with E-state index in [2.05, 4.69) is 12.2 Å². The molecule has 1 heterocycles. The standard InChI is InChI=1S/C8H15F2NOS/c1-5-2-6(4-13-5)11-3-7(12)8(9)10/h5-8,11-12H,2-4H2,1H3. The molecule has 5 heteroatoms. The fourth-order valence-electron chi connectivity index (χ4n) is 1.34. The van der Waals surface area contributed by atoms with Crippen molar-refractivity contribution in [1.29, 1.82) is 0 Å². The Kier molecular flexibility index (Phi) is 4.41. The quantitative estimate of drug-likeness (QED) is 0.730. The SMILES string of the molecule is CC1CC(NCC(O)C(F)F)CS1. The van der Waals surface area contributed by atoms with E-state index in [0.29, 0.717) is 5.25 Å². The lowest BCUT2D eigenvalue weighted by atomic mass is 10.2. The fourth-order valence-corrected chi connectivity index (χ4v) is 2.52. The van der Waals surface area contributed by atoms with Gasteiger partial charge in [0.15, 0.2) is 0 Å². The molecule has 0 radical (unpaired) electrons. The molecule has 0 aromatic carbocycles. The molecular formula is C8H15F2NOS. The number of rotatable bonds is 4. The number of aliphatic hydroxyl groups is 1. The summed E-state index contributed by atoms with van der Waals surface area (Å²) in [6.07, 6.45) is -3.17. The number of thioether (sulfide) groups is 1. The van der Waals surface area contributed by atoms with Crippen molar-refractivity contribution in [2.45, 2.75) is 37.2 Å². The van der Waals surface area contributed by atoms with Crippen LogP contribution in [0.4, 0.5) is 8.78 Å². The van der Waals surface area contributed by atoms with Gasteiger partial charge < -0.3 is 10.4 Å². The van der Waals surface area contributed by atoms with Gasteiger partial charge in [-0.25, -0.2) is 8.78 Å². The van der Waals surface area contributed by atoms with Crippen LogP contribution in [0, 0.1) is 0 Å². The van der Waals surface area contributed by atoms with Gasteiger partial charge in [0.2, 0.25) is 0 Å². The minimum atomic E-state index is -2.64. The molecule has 78 valence electrons. The molecule has 2 N–H and O–H groups in total. The van der Waals surface area contributed by atoms with Crippen molar-refractivity contribution >= 4 is 11.8 Å². The number of alkyl halides is 2. The van der Waals surface area contributed by atoms with Crippen LogP contribution < -0.4 is 5.32 Å². The molecule has 1 rings (SSSR count). The van der Waals surface area contributed by atoms with Crippen molar-refractivity contribution < 1.29 is 13.9 Å². The van der Waals surface area contributed by atoms with E-state index >= 15 is 0 Å². The van der Waals surface area contributed by atoms with Crippen LogP contribution in [0.25, 0.3) is 0 Å². The third-order valence-electron chi connectivity index (χ3n) is 2.10. The predicted molar refractivity (Wildman–Crippen MR) is 50.3 cm³/mol. The molecule has 0 aromatic heterocycles. The fraction of sp³-hybridized carbons (Fsp3) is 1.00. The molecule has 0 aromatic rings. The van der Waals surface area contributed by atoms with Crippen molar-refractivity contribution in [2.24, 2.45) is 0 Å². The van der Waals surface area contributed by atoms with Gasteiger partial charge in [0.05, 0.1) is 0 Å². The maximum atomic E-state index is 11.9. The van der Waals surface area contributed by atoms with E-state index in [1.807, 2.05) is 11.8 Å². The average Bonchev–Trinajstić information content (AvgIpc) is 2.47. The molecule has 0 aliphatic carbocycles. The zero-order valence-corrected chi connectivity index (χ0v) is 8.36. The molecule has 1 aliphatic heterocycles. The van der Waals surface area contributed by atoms with Crippen LogP contribution in [-0.2, 0) is 0 Å². The first kappa shape index (κ1) is 11.2. The highest BCUT2D eigenvalue weighted by atomic mass is 32.2. The molecule has 0 spiro atoms. The topological polar surface area (TPSA) is 32.3 Å². The summed E-state index contributed by atoms with van der Waals surface area (Å²) in [4.78, 5) is 0. The number of hydrogen-bond donors (Lipinski definition) is 2. The summed E-state index contributed by atoms with van der Waals surface area (Å²) in [7, 11) is 0. The van der Waals surface area contributed by atoms with Crippen molar-refractivity contribution in [1.82, 2.24) is 5.32 Å². The highest BCUT2D eigenvalue weighted by molar-refractivity contribution is 8.00. The second-order valence-corrected chi connectivity index (χ2v) is 4.86. The molecule has 0 bridgehead atoms. The summed E-state index contributed by atoms with van der Waals surface area (Å²) in [6, 6.07) is 0.286. The Morgan fingerprint density at radius 1 is 1.62 bits per heavy atom. The lowest BCUT2D eigenvalue weighted by molar-refractivity contribution is -0.00429. The van der Waals surface area contributed by atoms with Gasteiger partial charge in [0.1, 0.15) is 6.10 Å². The van der Waals surface area contributed by atoms with Crippen LogP contribution in [0.3, 0.4) is 0 Å². The number of hydrogen-bond acceptors (Lipinski definition) is 3. The molecule has 3 atom stereocenters. The Morgan fingerprint density at radius 3 is 2.77 bits per heavy atom. The van der Waals surface area contributed by atoms with E-state index in [9.17, 15) is 8.78 Å². The molecule has 1 fully saturated rings. The van der Waals surface area contributed by atoms with E-state index in [0.717, 1.165) is 12.2 Å². The predicted octanol–water partition coefficient (Wildman–Crippen LogP) is 1.10. The van der Waals surface area contributed by atoms with Gasteiger partial charge >= 0.3 is 0 Å². The number of halogens is 2. The minimum Gasteiger partial charge on any atom is -0.386 e. The van der Waals surface area contributed by atoms with E-state index in [4.69, 9.17) is 5.11 Å². The summed E-state index contributed by atoms with van der Waals surface area (Å²) in [5, 5.41) is 12.4. The maximum Gasteiger partial charge on any atom is 0.265 e. The van der Waals surface area contributed by atoms with Gasteiger partial charge in [-0.3, -0.25) is 0 Å². The molecule has 2 nitrogen and oxygen atoms in total. The van der Waals surface area contributed by atoms with E-state index in [1.165, 1.54) is 0 Å². The van der Waals surface area contributed by atoms with Gasteiger partial charge in [-0.1, -0.05) is 6.92 Å². The maximum absolute atomic E-state index is 11.9. The summed E-state index contributed by atoms with van der Waals surface area (Å²) in [5.41, 5.74) is 0. The zero-order valence-electron chi connectivity index (χ0n) is 7.54. The van der Waals surface area contributed by atoms with Crippen LogP contribution in [0.2, 0.25) is 0 Å². The summed E-state index contributed by atoms with van der Waals surface area (Å²) in [6.45, 7) is 2.12. The molecule has 1 saturated heterocycles. The van der Waals surface area contributed by atoms with E-state index in [-0.39, 0.29) is 12.6 Å². The minimum absolute atomic E-state index is 0.00435. The molecule has 3 unspecified atom stereocenters. The first-order chi connectivity index (χ1) is 6.09. The third kappa shape index (κ3) is 3.79. The Morgan fingerprint density at radius 2 is 2.31 bits per heavy atom. The van der Waals surface area contributed by atoms with Crippen molar-refractivity contribution in [3.63, 3.8) is 0 Å². The zero-order chi connectivity index (χ0) is 9.84.